The van der Waals surface area contributed by atoms with E-state index in [1.54, 1.807) is 24.2 Å². The number of carbonyl (C=O) groups is 1. The first kappa shape index (κ1) is 19.7. The van der Waals surface area contributed by atoms with Crippen molar-refractivity contribution < 1.29 is 4.79 Å². The average Bonchev–Trinajstić information content (AvgIpc) is 2.70. The van der Waals surface area contributed by atoms with Gasteiger partial charge in [-0.2, -0.15) is 0 Å². The van der Waals surface area contributed by atoms with Crippen LogP contribution in [0.4, 0.5) is 5.82 Å². The molecule has 0 aliphatic carbocycles. The number of anilines is 1. The van der Waals surface area contributed by atoms with Gasteiger partial charge in [-0.25, -0.2) is 9.97 Å². The summed E-state index contributed by atoms with van der Waals surface area (Å²) in [6.45, 7) is 7.90. The number of nitrogens with zero attached hydrogens (tertiary/aromatic N) is 3. The standard InChI is InChI=1S/C21H28N4OS/c1-4-16(3)24-20(26)17-9-13-25(14-10-17)19-21(23-12-11-22-19)27-18-7-5-15(2)6-8-18/h5-8,11-12,16-17H,4,9-10,13-14H2,1-3H3,(H,24,26). The smallest absolute Gasteiger partial charge is 0.223 e. The average molecular weight is 385 g/mol. The van der Waals surface area contributed by atoms with E-state index in [9.17, 15) is 4.79 Å². The van der Waals surface area contributed by atoms with Crippen molar-refractivity contribution in [2.24, 2.45) is 5.92 Å². The summed E-state index contributed by atoms with van der Waals surface area (Å²) < 4.78 is 0. The number of nitrogens with one attached hydrogen (secondary N) is 1. The van der Waals surface area contributed by atoms with Crippen molar-refractivity contribution in [2.75, 3.05) is 18.0 Å². The molecule has 0 radical (unpaired) electrons. The van der Waals surface area contributed by atoms with Gasteiger partial charge in [0.15, 0.2) is 5.82 Å². The molecule has 5 nitrogen and oxygen atoms in total. The number of aryl methyl sites for hydroxylation is 1. The van der Waals surface area contributed by atoms with E-state index in [4.69, 9.17) is 0 Å². The van der Waals surface area contributed by atoms with E-state index < -0.39 is 0 Å². The van der Waals surface area contributed by atoms with Crippen molar-refractivity contribution in [3.8, 4) is 0 Å². The molecule has 2 heterocycles. The van der Waals surface area contributed by atoms with Crippen LogP contribution in [0.5, 0.6) is 0 Å². The van der Waals surface area contributed by atoms with Crippen LogP contribution >= 0.6 is 11.8 Å². The fourth-order valence-corrected chi connectivity index (χ4v) is 4.02. The number of aromatic nitrogens is 2. The molecule has 1 aliphatic rings. The molecule has 144 valence electrons. The minimum atomic E-state index is 0.0973. The summed E-state index contributed by atoms with van der Waals surface area (Å²) in [6.07, 6.45) is 6.16. The molecule has 2 aromatic rings. The molecule has 1 aliphatic heterocycles. The second kappa shape index (κ2) is 9.22. The first-order valence-corrected chi connectivity index (χ1v) is 10.5. The van der Waals surface area contributed by atoms with Gasteiger partial charge in [-0.1, -0.05) is 36.4 Å². The van der Waals surface area contributed by atoms with E-state index in [0.717, 1.165) is 48.1 Å². The molecule has 1 aromatic heterocycles. The van der Waals surface area contributed by atoms with Gasteiger partial charge in [-0.15, -0.1) is 0 Å². The summed E-state index contributed by atoms with van der Waals surface area (Å²) in [4.78, 5) is 24.9. The van der Waals surface area contributed by atoms with Crippen LogP contribution < -0.4 is 10.2 Å². The van der Waals surface area contributed by atoms with Crippen LogP contribution in [0.2, 0.25) is 0 Å². The van der Waals surface area contributed by atoms with Gasteiger partial charge in [0, 0.05) is 42.3 Å². The third-order valence-electron chi connectivity index (χ3n) is 5.05. The van der Waals surface area contributed by atoms with Gasteiger partial charge >= 0.3 is 0 Å². The Morgan fingerprint density at radius 3 is 2.56 bits per heavy atom. The zero-order valence-corrected chi connectivity index (χ0v) is 17.1. The Labute approximate surface area is 166 Å². The maximum absolute atomic E-state index is 12.4. The second-order valence-electron chi connectivity index (χ2n) is 7.18. The minimum Gasteiger partial charge on any atom is -0.354 e. The van der Waals surface area contributed by atoms with Crippen LogP contribution in [0.15, 0.2) is 46.6 Å². The quantitative estimate of drug-likeness (QED) is 0.814. The third-order valence-corrected chi connectivity index (χ3v) is 6.04. The number of hydrogen-bond acceptors (Lipinski definition) is 5. The van der Waals surface area contributed by atoms with Crippen molar-refractivity contribution in [2.45, 2.75) is 56.0 Å². The van der Waals surface area contributed by atoms with E-state index in [1.165, 1.54) is 5.56 Å². The molecule has 1 unspecified atom stereocenters. The van der Waals surface area contributed by atoms with E-state index in [-0.39, 0.29) is 17.9 Å². The minimum absolute atomic E-state index is 0.0973. The highest BCUT2D eigenvalue weighted by Gasteiger charge is 2.27. The Morgan fingerprint density at radius 1 is 1.22 bits per heavy atom. The fraction of sp³-hybridized carbons (Fsp3) is 0.476. The van der Waals surface area contributed by atoms with Crippen LogP contribution in [0.3, 0.4) is 0 Å². The van der Waals surface area contributed by atoms with Crippen molar-refractivity contribution >= 4 is 23.5 Å². The number of amides is 1. The second-order valence-corrected chi connectivity index (χ2v) is 8.24. The Hall–Kier alpha value is -2.08. The Kier molecular flexibility index (Phi) is 6.72. The highest BCUT2D eigenvalue weighted by molar-refractivity contribution is 7.99. The Bertz CT molecular complexity index is 757. The Balaban J connectivity index is 1.64. The zero-order chi connectivity index (χ0) is 19.2. The van der Waals surface area contributed by atoms with Crippen molar-refractivity contribution in [3.05, 3.63) is 42.2 Å². The molecular formula is C21H28N4OS. The van der Waals surface area contributed by atoms with Crippen LogP contribution in [0.1, 0.15) is 38.7 Å². The predicted octanol–water partition coefficient (Wildman–Crippen LogP) is 4.07. The fourth-order valence-electron chi connectivity index (χ4n) is 3.14. The summed E-state index contributed by atoms with van der Waals surface area (Å²) in [5.41, 5.74) is 1.25. The first-order valence-electron chi connectivity index (χ1n) is 9.67. The van der Waals surface area contributed by atoms with Crippen LogP contribution in [0.25, 0.3) is 0 Å². The molecule has 0 bridgehead atoms. The first-order chi connectivity index (χ1) is 13.1. The molecular weight excluding hydrogens is 356 g/mol. The summed E-state index contributed by atoms with van der Waals surface area (Å²) in [7, 11) is 0. The van der Waals surface area contributed by atoms with Gasteiger partial charge in [-0.05, 0) is 45.2 Å². The summed E-state index contributed by atoms with van der Waals surface area (Å²) >= 11 is 1.64. The molecule has 1 aromatic carbocycles. The largest absolute Gasteiger partial charge is 0.354 e. The molecule has 1 N–H and O–H groups in total. The number of hydrogen-bond donors (Lipinski definition) is 1. The summed E-state index contributed by atoms with van der Waals surface area (Å²) in [5, 5.41) is 4.03. The normalized spacial score (nSPS) is 16.2. The molecule has 27 heavy (non-hydrogen) atoms. The number of carbonyl (C=O) groups excluding carboxylic acids is 1. The summed E-state index contributed by atoms with van der Waals surface area (Å²) in [5.74, 6) is 1.21. The van der Waals surface area contributed by atoms with E-state index in [1.807, 2.05) is 0 Å². The Morgan fingerprint density at radius 2 is 1.89 bits per heavy atom. The lowest BCUT2D eigenvalue weighted by Gasteiger charge is -2.33. The predicted molar refractivity (Wildman–Crippen MR) is 110 cm³/mol. The number of benzene rings is 1. The van der Waals surface area contributed by atoms with E-state index >= 15 is 0 Å². The zero-order valence-electron chi connectivity index (χ0n) is 16.3. The number of piperidine rings is 1. The van der Waals surface area contributed by atoms with Crippen molar-refractivity contribution in [1.82, 2.24) is 15.3 Å². The van der Waals surface area contributed by atoms with Gasteiger partial charge in [0.1, 0.15) is 5.03 Å². The maximum atomic E-state index is 12.4. The van der Waals surface area contributed by atoms with Crippen LogP contribution in [-0.4, -0.2) is 35.0 Å². The molecule has 0 saturated carbocycles. The lowest BCUT2D eigenvalue weighted by molar-refractivity contribution is -0.126. The molecule has 1 amide bonds. The van der Waals surface area contributed by atoms with E-state index in [2.05, 4.69) is 65.2 Å². The summed E-state index contributed by atoms with van der Waals surface area (Å²) in [6, 6.07) is 8.70. The maximum Gasteiger partial charge on any atom is 0.223 e. The highest BCUT2D eigenvalue weighted by Crippen LogP contribution is 2.34. The lowest BCUT2D eigenvalue weighted by atomic mass is 9.95. The monoisotopic (exact) mass is 384 g/mol. The molecule has 3 rings (SSSR count). The van der Waals surface area contributed by atoms with Crippen LogP contribution in [-0.2, 0) is 4.79 Å². The lowest BCUT2D eigenvalue weighted by Crippen LogP contribution is -2.43. The molecule has 0 spiro atoms. The third kappa shape index (κ3) is 5.22. The van der Waals surface area contributed by atoms with Crippen molar-refractivity contribution in [1.29, 1.82) is 0 Å². The van der Waals surface area contributed by atoms with Crippen molar-refractivity contribution in [3.63, 3.8) is 0 Å². The van der Waals surface area contributed by atoms with Gasteiger partial charge < -0.3 is 10.2 Å². The van der Waals surface area contributed by atoms with Gasteiger partial charge in [0.2, 0.25) is 5.91 Å². The molecule has 1 saturated heterocycles. The van der Waals surface area contributed by atoms with Gasteiger partial charge in [0.05, 0.1) is 0 Å². The SMILES string of the molecule is CCC(C)NC(=O)C1CCN(c2nccnc2Sc2ccc(C)cc2)CC1. The highest BCUT2D eigenvalue weighted by atomic mass is 32.2. The van der Waals surface area contributed by atoms with E-state index in [0.29, 0.717) is 0 Å². The van der Waals surface area contributed by atoms with Gasteiger partial charge in [-0.3, -0.25) is 4.79 Å². The molecule has 1 fully saturated rings. The van der Waals surface area contributed by atoms with Gasteiger partial charge in [0.25, 0.3) is 0 Å². The van der Waals surface area contributed by atoms with Crippen LogP contribution in [0, 0.1) is 12.8 Å². The molecule has 6 heteroatoms. The molecule has 1 atom stereocenters. The number of rotatable bonds is 6. The topological polar surface area (TPSA) is 58.1 Å².